The molecule has 2 rings (SSSR count). The summed E-state index contributed by atoms with van der Waals surface area (Å²) in [6.45, 7) is 0. The fourth-order valence-corrected chi connectivity index (χ4v) is 2.06. The van der Waals surface area contributed by atoms with E-state index in [4.69, 9.17) is 9.84 Å². The Hall–Kier alpha value is -1.03. The molecule has 0 bridgehead atoms. The third-order valence-electron chi connectivity index (χ3n) is 2.45. The number of aliphatic carboxylic acids is 1. The Kier molecular flexibility index (Phi) is 2.95. The highest BCUT2D eigenvalue weighted by Gasteiger charge is 2.23. The summed E-state index contributed by atoms with van der Waals surface area (Å²) in [5, 5.41) is 8.57. The predicted molar refractivity (Wildman–Crippen MR) is 59.1 cm³/mol. The minimum absolute atomic E-state index is 0.0189. The first-order valence-electron chi connectivity index (χ1n) is 4.82. The van der Waals surface area contributed by atoms with Crippen LogP contribution in [0.25, 0.3) is 0 Å². The summed E-state index contributed by atoms with van der Waals surface area (Å²) in [5.41, 5.74) is 1.16. The number of carboxylic acids is 1. The van der Waals surface area contributed by atoms with E-state index in [1.54, 1.807) is 0 Å². The number of benzene rings is 1. The van der Waals surface area contributed by atoms with Crippen molar-refractivity contribution >= 4 is 21.9 Å². The molecule has 1 atom stereocenters. The Morgan fingerprint density at radius 2 is 2.40 bits per heavy atom. The maximum atomic E-state index is 10.4. The topological polar surface area (TPSA) is 46.5 Å². The average Bonchev–Trinajstić information content (AvgIpc) is 2.56. The highest BCUT2D eigenvalue weighted by molar-refractivity contribution is 9.10. The van der Waals surface area contributed by atoms with E-state index in [1.807, 2.05) is 18.2 Å². The second kappa shape index (κ2) is 4.23. The summed E-state index contributed by atoms with van der Waals surface area (Å²) in [6.07, 6.45) is 1.57. The molecule has 0 radical (unpaired) electrons. The summed E-state index contributed by atoms with van der Waals surface area (Å²) >= 11 is 3.37. The van der Waals surface area contributed by atoms with Crippen molar-refractivity contribution < 1.29 is 14.6 Å². The van der Waals surface area contributed by atoms with Gasteiger partial charge in [-0.2, -0.15) is 0 Å². The van der Waals surface area contributed by atoms with Gasteiger partial charge in [0.1, 0.15) is 11.9 Å². The molecular formula is C11H11BrO3. The quantitative estimate of drug-likeness (QED) is 0.919. The van der Waals surface area contributed by atoms with Gasteiger partial charge in [0.15, 0.2) is 0 Å². The van der Waals surface area contributed by atoms with Gasteiger partial charge in [-0.25, -0.2) is 0 Å². The van der Waals surface area contributed by atoms with Crippen molar-refractivity contribution in [2.75, 3.05) is 0 Å². The van der Waals surface area contributed by atoms with E-state index in [0.29, 0.717) is 6.42 Å². The van der Waals surface area contributed by atoms with Crippen LogP contribution in [0.1, 0.15) is 18.4 Å². The van der Waals surface area contributed by atoms with E-state index in [0.717, 1.165) is 22.2 Å². The normalized spacial score (nSPS) is 18.3. The lowest BCUT2D eigenvalue weighted by Gasteiger charge is -2.08. The Balaban J connectivity index is 2.00. The summed E-state index contributed by atoms with van der Waals surface area (Å²) in [5.74, 6) is 0.107. The van der Waals surface area contributed by atoms with Gasteiger partial charge >= 0.3 is 5.97 Å². The molecule has 1 aliphatic rings. The average molecular weight is 271 g/mol. The van der Waals surface area contributed by atoms with Crippen molar-refractivity contribution in [3.05, 3.63) is 28.2 Å². The first-order chi connectivity index (χ1) is 7.15. The summed E-state index contributed by atoms with van der Waals surface area (Å²) in [6, 6.07) is 5.91. The minimum Gasteiger partial charge on any atom is -0.490 e. The smallest absolute Gasteiger partial charge is 0.303 e. The van der Waals surface area contributed by atoms with Gasteiger partial charge in [-0.1, -0.05) is 22.0 Å². The fourth-order valence-electron chi connectivity index (χ4n) is 1.72. The van der Waals surface area contributed by atoms with E-state index in [2.05, 4.69) is 15.9 Å². The molecule has 1 N–H and O–H groups in total. The lowest BCUT2D eigenvalue weighted by Crippen LogP contribution is -2.14. The molecule has 0 saturated heterocycles. The lowest BCUT2D eigenvalue weighted by molar-refractivity contribution is -0.137. The molecule has 3 nitrogen and oxygen atoms in total. The van der Waals surface area contributed by atoms with Crippen molar-refractivity contribution in [1.29, 1.82) is 0 Å². The second-order valence-corrected chi connectivity index (χ2v) is 4.54. The molecule has 1 unspecified atom stereocenters. The van der Waals surface area contributed by atoms with Crippen LogP contribution >= 0.6 is 15.9 Å². The molecule has 1 aromatic carbocycles. The number of hydrogen-bond donors (Lipinski definition) is 1. The van der Waals surface area contributed by atoms with Gasteiger partial charge in [-0.05, 0) is 24.1 Å². The molecular weight excluding hydrogens is 260 g/mol. The van der Waals surface area contributed by atoms with Crippen LogP contribution in [-0.2, 0) is 11.2 Å². The molecule has 15 heavy (non-hydrogen) atoms. The number of hydrogen-bond acceptors (Lipinski definition) is 2. The van der Waals surface area contributed by atoms with Crippen LogP contribution < -0.4 is 4.74 Å². The van der Waals surface area contributed by atoms with Crippen LogP contribution in [0, 0.1) is 0 Å². The van der Waals surface area contributed by atoms with Gasteiger partial charge in [-0.15, -0.1) is 0 Å². The zero-order chi connectivity index (χ0) is 10.8. The maximum absolute atomic E-state index is 10.4. The Morgan fingerprint density at radius 3 is 3.13 bits per heavy atom. The summed E-state index contributed by atoms with van der Waals surface area (Å²) in [7, 11) is 0. The molecule has 1 heterocycles. The standard InChI is InChI=1S/C11H11BrO3/c12-8-2-1-7-5-9(3-4-11(13)14)15-10(7)6-8/h1-2,6,9H,3-5H2,(H,13,14). The van der Waals surface area contributed by atoms with Crippen LogP contribution in [0.4, 0.5) is 0 Å². The first kappa shape index (κ1) is 10.5. The van der Waals surface area contributed by atoms with Crippen molar-refractivity contribution in [2.24, 2.45) is 0 Å². The zero-order valence-corrected chi connectivity index (χ0v) is 9.66. The largest absolute Gasteiger partial charge is 0.490 e. The Labute approximate surface area is 96.2 Å². The summed E-state index contributed by atoms with van der Waals surface area (Å²) in [4.78, 5) is 10.4. The van der Waals surface area contributed by atoms with Crippen molar-refractivity contribution in [2.45, 2.75) is 25.4 Å². The molecule has 1 aromatic rings. The van der Waals surface area contributed by atoms with E-state index in [9.17, 15) is 4.79 Å². The molecule has 0 saturated carbocycles. The number of ether oxygens (including phenoxy) is 1. The van der Waals surface area contributed by atoms with Crippen LogP contribution in [0.3, 0.4) is 0 Å². The maximum Gasteiger partial charge on any atom is 0.303 e. The summed E-state index contributed by atoms with van der Waals surface area (Å²) < 4.78 is 6.63. The van der Waals surface area contributed by atoms with Crippen LogP contribution in [0.2, 0.25) is 0 Å². The Morgan fingerprint density at radius 1 is 1.60 bits per heavy atom. The first-order valence-corrected chi connectivity index (χ1v) is 5.61. The zero-order valence-electron chi connectivity index (χ0n) is 8.07. The van der Waals surface area contributed by atoms with Crippen LogP contribution in [0.5, 0.6) is 5.75 Å². The monoisotopic (exact) mass is 270 g/mol. The van der Waals surface area contributed by atoms with Gasteiger partial charge in [0, 0.05) is 17.3 Å². The van der Waals surface area contributed by atoms with Gasteiger partial charge in [0.25, 0.3) is 0 Å². The van der Waals surface area contributed by atoms with Gasteiger partial charge in [-0.3, -0.25) is 4.79 Å². The predicted octanol–water partition coefficient (Wildman–Crippen LogP) is 2.62. The second-order valence-electron chi connectivity index (χ2n) is 3.63. The number of halogens is 1. The molecule has 0 spiro atoms. The van der Waals surface area contributed by atoms with Gasteiger partial charge in [0.05, 0.1) is 0 Å². The van der Waals surface area contributed by atoms with E-state index >= 15 is 0 Å². The molecule has 0 fully saturated rings. The van der Waals surface area contributed by atoms with Crippen molar-refractivity contribution in [3.8, 4) is 5.75 Å². The van der Waals surface area contributed by atoms with E-state index < -0.39 is 5.97 Å². The molecule has 1 aliphatic heterocycles. The lowest BCUT2D eigenvalue weighted by atomic mass is 10.1. The van der Waals surface area contributed by atoms with Crippen LogP contribution in [-0.4, -0.2) is 17.2 Å². The van der Waals surface area contributed by atoms with E-state index in [1.165, 1.54) is 0 Å². The SMILES string of the molecule is O=C(O)CCC1Cc2ccc(Br)cc2O1. The van der Waals surface area contributed by atoms with Gasteiger partial charge in [0.2, 0.25) is 0 Å². The fraction of sp³-hybridized carbons (Fsp3) is 0.364. The number of carbonyl (C=O) groups is 1. The van der Waals surface area contributed by atoms with E-state index in [-0.39, 0.29) is 12.5 Å². The number of fused-ring (bicyclic) bond motifs is 1. The van der Waals surface area contributed by atoms with Crippen LogP contribution in [0.15, 0.2) is 22.7 Å². The molecule has 0 aromatic heterocycles. The molecule has 0 amide bonds. The molecule has 80 valence electrons. The van der Waals surface area contributed by atoms with Crippen molar-refractivity contribution in [3.63, 3.8) is 0 Å². The minimum atomic E-state index is -0.768. The van der Waals surface area contributed by atoms with Gasteiger partial charge < -0.3 is 9.84 Å². The highest BCUT2D eigenvalue weighted by atomic mass is 79.9. The number of carboxylic acid groups (broad SMARTS) is 1. The molecule has 4 heteroatoms. The molecule has 0 aliphatic carbocycles. The Bertz CT molecular complexity index is 389. The third-order valence-corrected chi connectivity index (χ3v) is 2.94. The van der Waals surface area contributed by atoms with Crippen molar-refractivity contribution in [1.82, 2.24) is 0 Å². The highest BCUT2D eigenvalue weighted by Crippen LogP contribution is 2.32. The third kappa shape index (κ3) is 2.50. The number of rotatable bonds is 3.